The molecule has 0 spiro atoms. The van der Waals surface area contributed by atoms with Crippen molar-refractivity contribution in [3.8, 4) is 6.07 Å². The number of rotatable bonds is 5. The second-order valence-electron chi connectivity index (χ2n) is 4.41. The maximum atomic E-state index is 12.2. The molecule has 112 valence electrons. The zero-order valence-corrected chi connectivity index (χ0v) is 11.7. The Morgan fingerprint density at radius 1 is 1.36 bits per heavy atom. The van der Waals surface area contributed by atoms with Crippen LogP contribution < -0.4 is 5.32 Å². The molecule has 0 saturated carbocycles. The van der Waals surface area contributed by atoms with Gasteiger partial charge in [0.1, 0.15) is 5.76 Å². The SMILES string of the molecule is N#CCCN(Cc1ccco1)C(=O)C(=O)Nc1cccnc1. The Morgan fingerprint density at radius 2 is 2.23 bits per heavy atom. The molecule has 0 aromatic carbocycles. The molecule has 0 aliphatic rings. The highest BCUT2D eigenvalue weighted by molar-refractivity contribution is 6.39. The smallest absolute Gasteiger partial charge is 0.313 e. The highest BCUT2D eigenvalue weighted by atomic mass is 16.3. The number of carbonyl (C=O) groups excluding carboxylic acids is 2. The van der Waals surface area contributed by atoms with E-state index in [0.717, 1.165) is 0 Å². The van der Waals surface area contributed by atoms with Crippen LogP contribution in [0.4, 0.5) is 5.69 Å². The maximum Gasteiger partial charge on any atom is 0.313 e. The molecule has 7 heteroatoms. The molecule has 7 nitrogen and oxygen atoms in total. The van der Waals surface area contributed by atoms with Crippen LogP contribution in [0.2, 0.25) is 0 Å². The molecular formula is C15H14N4O3. The first-order valence-corrected chi connectivity index (χ1v) is 6.60. The number of nitrogens with one attached hydrogen (secondary N) is 1. The molecule has 2 heterocycles. The number of anilines is 1. The standard InChI is InChI=1S/C15H14N4O3/c16-6-3-8-19(11-13-5-2-9-22-13)15(21)14(20)18-12-4-1-7-17-10-12/h1-2,4-5,7,9-10H,3,8,11H2,(H,18,20). The summed E-state index contributed by atoms with van der Waals surface area (Å²) in [6.07, 6.45) is 4.62. The van der Waals surface area contributed by atoms with Gasteiger partial charge in [0.15, 0.2) is 0 Å². The molecule has 2 aromatic heterocycles. The third-order valence-electron chi connectivity index (χ3n) is 2.82. The quantitative estimate of drug-likeness (QED) is 0.844. The van der Waals surface area contributed by atoms with Crippen LogP contribution in [0.25, 0.3) is 0 Å². The lowest BCUT2D eigenvalue weighted by molar-refractivity contribution is -0.143. The van der Waals surface area contributed by atoms with Gasteiger partial charge in [-0.2, -0.15) is 5.26 Å². The van der Waals surface area contributed by atoms with Gasteiger partial charge in [-0.15, -0.1) is 0 Å². The number of furan rings is 1. The normalized spacial score (nSPS) is 9.77. The molecule has 0 aliphatic heterocycles. The number of aromatic nitrogens is 1. The summed E-state index contributed by atoms with van der Waals surface area (Å²) in [5.41, 5.74) is 0.430. The van der Waals surface area contributed by atoms with Gasteiger partial charge in [0.25, 0.3) is 0 Å². The van der Waals surface area contributed by atoms with E-state index in [2.05, 4.69) is 10.3 Å². The van der Waals surface area contributed by atoms with Crippen molar-refractivity contribution >= 4 is 17.5 Å². The van der Waals surface area contributed by atoms with Crippen LogP contribution in [0, 0.1) is 11.3 Å². The third-order valence-corrected chi connectivity index (χ3v) is 2.82. The molecule has 2 rings (SSSR count). The monoisotopic (exact) mass is 298 g/mol. The van der Waals surface area contributed by atoms with E-state index < -0.39 is 11.8 Å². The Labute approximate surface area is 127 Å². The molecule has 0 aliphatic carbocycles. The van der Waals surface area contributed by atoms with Gasteiger partial charge in [-0.25, -0.2) is 0 Å². The lowest BCUT2D eigenvalue weighted by Crippen LogP contribution is -2.39. The van der Waals surface area contributed by atoms with Crippen molar-refractivity contribution in [3.05, 3.63) is 48.7 Å². The van der Waals surface area contributed by atoms with Crippen molar-refractivity contribution in [2.24, 2.45) is 0 Å². The fourth-order valence-electron chi connectivity index (χ4n) is 1.79. The first kappa shape index (κ1) is 15.3. The first-order chi connectivity index (χ1) is 10.7. The highest BCUT2D eigenvalue weighted by Crippen LogP contribution is 2.08. The van der Waals surface area contributed by atoms with E-state index in [0.29, 0.717) is 11.4 Å². The van der Waals surface area contributed by atoms with Crippen molar-refractivity contribution in [1.82, 2.24) is 9.88 Å². The first-order valence-electron chi connectivity index (χ1n) is 6.60. The van der Waals surface area contributed by atoms with Crippen molar-refractivity contribution in [2.45, 2.75) is 13.0 Å². The molecule has 0 fully saturated rings. The number of amides is 2. The molecule has 0 atom stereocenters. The van der Waals surface area contributed by atoms with Crippen molar-refractivity contribution < 1.29 is 14.0 Å². The minimum absolute atomic E-state index is 0.132. The zero-order valence-electron chi connectivity index (χ0n) is 11.7. The lowest BCUT2D eigenvalue weighted by atomic mass is 10.3. The molecule has 0 radical (unpaired) electrons. The fourth-order valence-corrected chi connectivity index (χ4v) is 1.79. The predicted octanol–water partition coefficient (Wildman–Crippen LogP) is 1.56. The Balaban J connectivity index is 2.03. The van der Waals surface area contributed by atoms with Gasteiger partial charge in [0.2, 0.25) is 0 Å². The van der Waals surface area contributed by atoms with Crippen LogP contribution in [0.5, 0.6) is 0 Å². The van der Waals surface area contributed by atoms with E-state index >= 15 is 0 Å². The van der Waals surface area contributed by atoms with Crippen LogP contribution in [-0.2, 0) is 16.1 Å². The molecule has 2 amide bonds. The summed E-state index contributed by atoms with van der Waals surface area (Å²) in [6, 6.07) is 8.63. The third kappa shape index (κ3) is 4.18. The van der Waals surface area contributed by atoms with Gasteiger partial charge in [-0.05, 0) is 24.3 Å². The van der Waals surface area contributed by atoms with E-state index in [-0.39, 0.29) is 19.5 Å². The molecule has 0 bridgehead atoms. The topological polar surface area (TPSA) is 99.2 Å². The molecule has 0 unspecified atom stereocenters. The second kappa shape index (κ2) is 7.59. The maximum absolute atomic E-state index is 12.2. The van der Waals surface area contributed by atoms with Crippen LogP contribution in [-0.4, -0.2) is 28.2 Å². The molecule has 0 saturated heterocycles. The van der Waals surface area contributed by atoms with E-state index in [1.54, 1.807) is 30.5 Å². The van der Waals surface area contributed by atoms with Crippen LogP contribution in [0.1, 0.15) is 12.2 Å². The number of nitrogens with zero attached hydrogens (tertiary/aromatic N) is 3. The average molecular weight is 298 g/mol. The highest BCUT2D eigenvalue weighted by Gasteiger charge is 2.22. The zero-order chi connectivity index (χ0) is 15.8. The van der Waals surface area contributed by atoms with Gasteiger partial charge in [0, 0.05) is 12.7 Å². The molecule has 1 N–H and O–H groups in total. The summed E-state index contributed by atoms with van der Waals surface area (Å²) in [6.45, 7) is 0.282. The summed E-state index contributed by atoms with van der Waals surface area (Å²) in [4.78, 5) is 29.4. The summed E-state index contributed by atoms with van der Waals surface area (Å²) >= 11 is 0. The van der Waals surface area contributed by atoms with Crippen LogP contribution >= 0.6 is 0 Å². The number of hydrogen-bond donors (Lipinski definition) is 1. The fraction of sp³-hybridized carbons (Fsp3) is 0.200. The van der Waals surface area contributed by atoms with Gasteiger partial charge >= 0.3 is 11.8 Å². The van der Waals surface area contributed by atoms with Gasteiger partial charge < -0.3 is 14.6 Å². The number of nitriles is 1. The summed E-state index contributed by atoms with van der Waals surface area (Å²) in [5.74, 6) is -0.964. The minimum atomic E-state index is -0.780. The second-order valence-corrected chi connectivity index (χ2v) is 4.41. The number of pyridine rings is 1. The van der Waals surface area contributed by atoms with Gasteiger partial charge in [-0.1, -0.05) is 0 Å². The Bertz CT molecular complexity index is 662. The number of hydrogen-bond acceptors (Lipinski definition) is 5. The summed E-state index contributed by atoms with van der Waals surface area (Å²) in [5, 5.41) is 11.1. The summed E-state index contributed by atoms with van der Waals surface area (Å²) < 4.78 is 5.17. The lowest BCUT2D eigenvalue weighted by Gasteiger charge is -2.19. The van der Waals surface area contributed by atoms with E-state index in [1.165, 1.54) is 17.4 Å². The Hall–Kier alpha value is -3.14. The van der Waals surface area contributed by atoms with Crippen molar-refractivity contribution in [1.29, 1.82) is 5.26 Å². The molecule has 22 heavy (non-hydrogen) atoms. The minimum Gasteiger partial charge on any atom is -0.467 e. The van der Waals surface area contributed by atoms with Gasteiger partial charge in [0.05, 0.1) is 37.2 Å². The Kier molecular flexibility index (Phi) is 5.26. The van der Waals surface area contributed by atoms with E-state index in [4.69, 9.17) is 9.68 Å². The van der Waals surface area contributed by atoms with Crippen LogP contribution in [0.3, 0.4) is 0 Å². The van der Waals surface area contributed by atoms with Crippen LogP contribution in [0.15, 0.2) is 47.3 Å². The van der Waals surface area contributed by atoms with E-state index in [1.807, 2.05) is 6.07 Å². The number of carbonyl (C=O) groups is 2. The van der Waals surface area contributed by atoms with Crippen molar-refractivity contribution in [2.75, 3.05) is 11.9 Å². The van der Waals surface area contributed by atoms with Crippen molar-refractivity contribution in [3.63, 3.8) is 0 Å². The average Bonchev–Trinajstić information content (AvgIpc) is 3.04. The van der Waals surface area contributed by atoms with Gasteiger partial charge in [-0.3, -0.25) is 14.6 Å². The predicted molar refractivity (Wildman–Crippen MR) is 77.2 cm³/mol. The summed E-state index contributed by atoms with van der Waals surface area (Å²) in [7, 11) is 0. The Morgan fingerprint density at radius 3 is 2.86 bits per heavy atom. The molecule has 2 aromatic rings. The van der Waals surface area contributed by atoms with E-state index in [9.17, 15) is 9.59 Å². The largest absolute Gasteiger partial charge is 0.467 e. The molecular weight excluding hydrogens is 284 g/mol.